The normalized spacial score (nSPS) is 20.4. The zero-order chi connectivity index (χ0) is 15.1. The molecular formula is C17H18N2O3. The number of para-hydroxylation sites is 1. The average Bonchev–Trinajstić information content (AvgIpc) is 3.21. The number of methoxy groups -OCH3 is 1. The van der Waals surface area contributed by atoms with Gasteiger partial charge in [0.25, 0.3) is 5.91 Å². The molecular weight excluding hydrogens is 280 g/mol. The van der Waals surface area contributed by atoms with Gasteiger partial charge < -0.3 is 9.47 Å². The van der Waals surface area contributed by atoms with Crippen LogP contribution in [0.25, 0.3) is 10.9 Å². The molecule has 22 heavy (non-hydrogen) atoms. The fourth-order valence-corrected chi connectivity index (χ4v) is 3.29. The number of rotatable bonds is 2. The van der Waals surface area contributed by atoms with Gasteiger partial charge in [-0.15, -0.1) is 0 Å². The average molecular weight is 298 g/mol. The van der Waals surface area contributed by atoms with Crippen molar-refractivity contribution in [1.82, 2.24) is 4.98 Å². The summed E-state index contributed by atoms with van der Waals surface area (Å²) in [4.78, 5) is 19.1. The van der Waals surface area contributed by atoms with Crippen molar-refractivity contribution in [2.75, 3.05) is 25.2 Å². The van der Waals surface area contributed by atoms with Crippen molar-refractivity contribution in [3.63, 3.8) is 0 Å². The molecule has 0 radical (unpaired) electrons. The van der Waals surface area contributed by atoms with Gasteiger partial charge in [0.05, 0.1) is 7.11 Å². The smallest absolute Gasteiger partial charge is 0.257 e. The van der Waals surface area contributed by atoms with Crippen molar-refractivity contribution in [3.05, 3.63) is 29.8 Å². The molecule has 1 saturated heterocycles. The molecule has 1 atom stereocenters. The van der Waals surface area contributed by atoms with Crippen LogP contribution in [0.5, 0.6) is 5.75 Å². The van der Waals surface area contributed by atoms with E-state index < -0.39 is 0 Å². The second-order valence-electron chi connectivity index (χ2n) is 5.74. The number of amides is 1. The van der Waals surface area contributed by atoms with Crippen molar-refractivity contribution in [1.29, 1.82) is 0 Å². The van der Waals surface area contributed by atoms with Crippen LogP contribution in [0.4, 0.5) is 5.82 Å². The zero-order valence-corrected chi connectivity index (χ0v) is 12.5. The fourth-order valence-electron chi connectivity index (χ4n) is 3.29. The van der Waals surface area contributed by atoms with E-state index in [-0.39, 0.29) is 12.0 Å². The Balaban J connectivity index is 1.77. The maximum Gasteiger partial charge on any atom is 0.257 e. The molecule has 0 bridgehead atoms. The van der Waals surface area contributed by atoms with E-state index in [4.69, 9.17) is 14.5 Å². The Hall–Kier alpha value is -2.14. The number of benzene rings is 1. The lowest BCUT2D eigenvalue weighted by atomic mass is 10.1. The number of pyridine rings is 1. The van der Waals surface area contributed by atoms with Crippen LogP contribution >= 0.6 is 0 Å². The number of nitrogens with zero attached hydrogens (tertiary/aromatic N) is 2. The van der Waals surface area contributed by atoms with Crippen LogP contribution in [0.3, 0.4) is 0 Å². The first-order chi connectivity index (χ1) is 10.8. The van der Waals surface area contributed by atoms with Crippen LogP contribution in [-0.2, 0) is 16.0 Å². The second kappa shape index (κ2) is 5.25. The first-order valence-electron chi connectivity index (χ1n) is 7.67. The summed E-state index contributed by atoms with van der Waals surface area (Å²) in [5.41, 5.74) is 1.92. The monoisotopic (exact) mass is 298 g/mol. The van der Waals surface area contributed by atoms with E-state index in [0.717, 1.165) is 47.3 Å². The topological polar surface area (TPSA) is 51.7 Å². The number of hydrogen-bond donors (Lipinski definition) is 0. The molecule has 1 aromatic heterocycles. The molecule has 5 nitrogen and oxygen atoms in total. The van der Waals surface area contributed by atoms with Gasteiger partial charge in [0.15, 0.2) is 0 Å². The highest BCUT2D eigenvalue weighted by molar-refractivity contribution is 5.99. The standard InChI is InChI=1S/C17H18N2O3/c1-21-13-5-2-4-11-10-12-7-8-19(16(12)18-15(11)13)17(20)14-6-3-9-22-14/h2,4-5,10,14H,3,6-9H2,1H3. The Labute approximate surface area is 128 Å². The lowest BCUT2D eigenvalue weighted by Gasteiger charge is -2.20. The van der Waals surface area contributed by atoms with E-state index in [1.807, 2.05) is 18.2 Å². The minimum Gasteiger partial charge on any atom is -0.494 e. The van der Waals surface area contributed by atoms with E-state index in [1.54, 1.807) is 12.0 Å². The van der Waals surface area contributed by atoms with Crippen molar-refractivity contribution < 1.29 is 14.3 Å². The third kappa shape index (κ3) is 2.04. The van der Waals surface area contributed by atoms with Gasteiger partial charge in [-0.25, -0.2) is 4.98 Å². The third-order valence-electron chi connectivity index (χ3n) is 4.42. The van der Waals surface area contributed by atoms with Gasteiger partial charge in [0, 0.05) is 18.5 Å². The van der Waals surface area contributed by atoms with E-state index in [9.17, 15) is 4.79 Å². The third-order valence-corrected chi connectivity index (χ3v) is 4.42. The number of carbonyl (C=O) groups excluding carboxylic acids is 1. The van der Waals surface area contributed by atoms with Gasteiger partial charge in [-0.2, -0.15) is 0 Å². The quantitative estimate of drug-likeness (QED) is 0.854. The predicted molar refractivity (Wildman–Crippen MR) is 83.3 cm³/mol. The molecule has 1 fully saturated rings. The summed E-state index contributed by atoms with van der Waals surface area (Å²) >= 11 is 0. The number of ether oxygens (including phenoxy) is 2. The molecule has 2 aliphatic heterocycles. The Morgan fingerprint density at radius 1 is 1.45 bits per heavy atom. The van der Waals surface area contributed by atoms with E-state index in [1.165, 1.54) is 0 Å². The second-order valence-corrected chi connectivity index (χ2v) is 5.74. The summed E-state index contributed by atoms with van der Waals surface area (Å²) in [5.74, 6) is 1.53. The molecule has 4 rings (SSSR count). The first-order valence-corrected chi connectivity index (χ1v) is 7.67. The lowest BCUT2D eigenvalue weighted by Crippen LogP contribution is -2.38. The first kappa shape index (κ1) is 13.5. The molecule has 0 saturated carbocycles. The minimum absolute atomic E-state index is 0.0398. The van der Waals surface area contributed by atoms with Crippen LogP contribution < -0.4 is 9.64 Å². The molecule has 114 valence electrons. The van der Waals surface area contributed by atoms with Crippen molar-refractivity contribution >= 4 is 22.6 Å². The summed E-state index contributed by atoms with van der Waals surface area (Å²) < 4.78 is 10.9. The number of fused-ring (bicyclic) bond motifs is 2. The van der Waals surface area contributed by atoms with Crippen LogP contribution in [-0.4, -0.2) is 37.3 Å². The van der Waals surface area contributed by atoms with Crippen LogP contribution in [0, 0.1) is 0 Å². The van der Waals surface area contributed by atoms with Gasteiger partial charge in [0.2, 0.25) is 0 Å². The Morgan fingerprint density at radius 2 is 2.36 bits per heavy atom. The molecule has 1 amide bonds. The van der Waals surface area contributed by atoms with Crippen molar-refractivity contribution in [3.8, 4) is 5.75 Å². The maximum absolute atomic E-state index is 12.6. The van der Waals surface area contributed by atoms with Crippen LogP contribution in [0.2, 0.25) is 0 Å². The van der Waals surface area contributed by atoms with Gasteiger partial charge in [0.1, 0.15) is 23.2 Å². The van der Waals surface area contributed by atoms with Crippen molar-refractivity contribution in [2.24, 2.45) is 0 Å². The Bertz CT molecular complexity index is 738. The van der Waals surface area contributed by atoms with Gasteiger partial charge >= 0.3 is 0 Å². The molecule has 1 aromatic carbocycles. The number of hydrogen-bond acceptors (Lipinski definition) is 4. The highest BCUT2D eigenvalue weighted by Gasteiger charge is 2.34. The Morgan fingerprint density at radius 3 is 3.14 bits per heavy atom. The van der Waals surface area contributed by atoms with Crippen LogP contribution in [0.1, 0.15) is 18.4 Å². The molecule has 0 aliphatic carbocycles. The fraction of sp³-hybridized carbons (Fsp3) is 0.412. The zero-order valence-electron chi connectivity index (χ0n) is 12.5. The Kier molecular flexibility index (Phi) is 3.22. The lowest BCUT2D eigenvalue weighted by molar-refractivity contribution is -0.127. The summed E-state index contributed by atoms with van der Waals surface area (Å²) in [5, 5.41) is 1.05. The van der Waals surface area contributed by atoms with Crippen molar-refractivity contribution in [2.45, 2.75) is 25.4 Å². The number of carbonyl (C=O) groups is 1. The maximum atomic E-state index is 12.6. The molecule has 5 heteroatoms. The molecule has 0 spiro atoms. The number of anilines is 1. The van der Waals surface area contributed by atoms with Gasteiger partial charge in [-0.1, -0.05) is 12.1 Å². The molecule has 0 N–H and O–H groups in total. The molecule has 1 unspecified atom stereocenters. The van der Waals surface area contributed by atoms with E-state index in [0.29, 0.717) is 13.2 Å². The largest absolute Gasteiger partial charge is 0.494 e. The SMILES string of the molecule is COc1cccc2cc3c(nc12)N(C(=O)C1CCCO1)CC3. The molecule has 3 heterocycles. The molecule has 2 aromatic rings. The van der Waals surface area contributed by atoms with Gasteiger partial charge in [-0.05, 0) is 37.0 Å². The molecule has 2 aliphatic rings. The number of aromatic nitrogens is 1. The predicted octanol–water partition coefficient (Wildman–Crippen LogP) is 2.31. The minimum atomic E-state index is -0.305. The van der Waals surface area contributed by atoms with E-state index in [2.05, 4.69) is 6.07 Å². The summed E-state index contributed by atoms with van der Waals surface area (Å²) in [6.07, 6.45) is 2.30. The van der Waals surface area contributed by atoms with Gasteiger partial charge in [-0.3, -0.25) is 9.69 Å². The highest BCUT2D eigenvalue weighted by atomic mass is 16.5. The summed E-state index contributed by atoms with van der Waals surface area (Å²) in [7, 11) is 1.64. The summed E-state index contributed by atoms with van der Waals surface area (Å²) in [6, 6.07) is 7.99. The highest BCUT2D eigenvalue weighted by Crippen LogP contribution is 2.34. The van der Waals surface area contributed by atoms with Crippen LogP contribution in [0.15, 0.2) is 24.3 Å². The van der Waals surface area contributed by atoms with E-state index >= 15 is 0 Å². The summed E-state index contributed by atoms with van der Waals surface area (Å²) in [6.45, 7) is 1.36.